The lowest BCUT2D eigenvalue weighted by Crippen LogP contribution is -2.37. The van der Waals surface area contributed by atoms with E-state index in [1.807, 2.05) is 43.3 Å². The average Bonchev–Trinajstić information content (AvgIpc) is 2.59. The van der Waals surface area contributed by atoms with Gasteiger partial charge in [0, 0.05) is 6.54 Å². The molecule has 4 nitrogen and oxygen atoms in total. The highest BCUT2D eigenvalue weighted by Crippen LogP contribution is 2.24. The Hall–Kier alpha value is -2.20. The predicted octanol–water partition coefficient (Wildman–Crippen LogP) is 3.82. The summed E-state index contributed by atoms with van der Waals surface area (Å²) in [4.78, 5) is 12.3. The fraction of sp³-hybridized carbons (Fsp3) is 0.278. The van der Waals surface area contributed by atoms with Crippen molar-refractivity contribution >= 4 is 17.5 Å². The number of benzene rings is 2. The fourth-order valence-corrected chi connectivity index (χ4v) is 2.28. The molecular weight excluding hydrogens is 314 g/mol. The molecule has 2 aromatic carbocycles. The molecular formula is C18H20ClNO3. The summed E-state index contributed by atoms with van der Waals surface area (Å²) >= 11 is 6.07. The zero-order valence-electron chi connectivity index (χ0n) is 13.2. The van der Waals surface area contributed by atoms with Crippen LogP contribution < -0.4 is 14.8 Å². The van der Waals surface area contributed by atoms with Gasteiger partial charge < -0.3 is 14.8 Å². The Morgan fingerprint density at radius 3 is 2.70 bits per heavy atom. The second-order valence-corrected chi connectivity index (χ2v) is 5.42. The molecule has 0 aliphatic rings. The summed E-state index contributed by atoms with van der Waals surface area (Å²) < 4.78 is 10.9. The van der Waals surface area contributed by atoms with Crippen molar-refractivity contribution in [2.24, 2.45) is 0 Å². The topological polar surface area (TPSA) is 47.6 Å². The van der Waals surface area contributed by atoms with E-state index in [9.17, 15) is 4.79 Å². The third kappa shape index (κ3) is 4.89. The number of hydrogen-bond donors (Lipinski definition) is 1. The Labute approximate surface area is 141 Å². The van der Waals surface area contributed by atoms with Crippen LogP contribution >= 0.6 is 11.6 Å². The number of amides is 1. The normalized spacial score (nSPS) is 11.6. The summed E-state index contributed by atoms with van der Waals surface area (Å²) in [5, 5.41) is 3.37. The monoisotopic (exact) mass is 333 g/mol. The standard InChI is InChI=1S/C18H20ClNO3/c1-3-16(23-17-10-5-4-9-15(17)19)18(21)20-12-13-7-6-8-14(11-13)22-2/h4-11,16H,3,12H2,1-2H3,(H,20,21). The van der Waals surface area contributed by atoms with Crippen LogP contribution in [-0.4, -0.2) is 19.1 Å². The minimum atomic E-state index is -0.583. The van der Waals surface area contributed by atoms with Crippen LogP contribution in [-0.2, 0) is 11.3 Å². The number of carbonyl (C=O) groups excluding carboxylic acids is 1. The number of carbonyl (C=O) groups is 1. The van der Waals surface area contributed by atoms with E-state index in [4.69, 9.17) is 21.1 Å². The number of hydrogen-bond acceptors (Lipinski definition) is 3. The quantitative estimate of drug-likeness (QED) is 0.837. The Kier molecular flexibility index (Phi) is 6.29. The van der Waals surface area contributed by atoms with E-state index >= 15 is 0 Å². The molecule has 122 valence electrons. The first kappa shape index (κ1) is 17.2. The van der Waals surface area contributed by atoms with Crippen LogP contribution in [0.1, 0.15) is 18.9 Å². The van der Waals surface area contributed by atoms with Gasteiger partial charge in [-0.2, -0.15) is 0 Å². The molecule has 1 unspecified atom stereocenters. The summed E-state index contributed by atoms with van der Waals surface area (Å²) in [5.74, 6) is 1.10. The highest BCUT2D eigenvalue weighted by Gasteiger charge is 2.19. The SMILES string of the molecule is CCC(Oc1ccccc1Cl)C(=O)NCc1cccc(OC)c1. The van der Waals surface area contributed by atoms with E-state index in [0.29, 0.717) is 23.7 Å². The molecule has 0 fully saturated rings. The van der Waals surface area contributed by atoms with Gasteiger partial charge in [-0.15, -0.1) is 0 Å². The zero-order chi connectivity index (χ0) is 16.7. The first-order chi connectivity index (χ1) is 11.1. The van der Waals surface area contributed by atoms with Gasteiger partial charge in [0.15, 0.2) is 6.10 Å². The highest BCUT2D eigenvalue weighted by atomic mass is 35.5. The van der Waals surface area contributed by atoms with Gasteiger partial charge in [0.2, 0.25) is 0 Å². The van der Waals surface area contributed by atoms with Crippen LogP contribution in [0.25, 0.3) is 0 Å². The predicted molar refractivity (Wildman–Crippen MR) is 91.0 cm³/mol. The highest BCUT2D eigenvalue weighted by molar-refractivity contribution is 6.32. The number of ether oxygens (including phenoxy) is 2. The Morgan fingerprint density at radius 2 is 2.00 bits per heavy atom. The van der Waals surface area contributed by atoms with Gasteiger partial charge in [-0.3, -0.25) is 4.79 Å². The molecule has 0 bridgehead atoms. The number of para-hydroxylation sites is 1. The zero-order valence-corrected chi connectivity index (χ0v) is 14.0. The summed E-state index contributed by atoms with van der Waals surface area (Å²) in [6, 6.07) is 14.7. The van der Waals surface area contributed by atoms with E-state index in [1.165, 1.54) is 0 Å². The maximum Gasteiger partial charge on any atom is 0.261 e. The van der Waals surface area contributed by atoms with Gasteiger partial charge in [-0.25, -0.2) is 0 Å². The van der Waals surface area contributed by atoms with Crippen molar-refractivity contribution in [3.63, 3.8) is 0 Å². The molecule has 1 N–H and O–H groups in total. The van der Waals surface area contributed by atoms with Crippen LogP contribution in [0, 0.1) is 0 Å². The molecule has 0 saturated carbocycles. The van der Waals surface area contributed by atoms with Crippen molar-refractivity contribution in [3.8, 4) is 11.5 Å². The van der Waals surface area contributed by atoms with Crippen LogP contribution in [0.4, 0.5) is 0 Å². The minimum absolute atomic E-state index is 0.171. The number of rotatable bonds is 7. The van der Waals surface area contributed by atoms with Gasteiger partial charge >= 0.3 is 0 Å². The molecule has 0 aliphatic carbocycles. The van der Waals surface area contributed by atoms with Crippen molar-refractivity contribution in [1.29, 1.82) is 0 Å². The summed E-state index contributed by atoms with van der Waals surface area (Å²) in [7, 11) is 1.61. The van der Waals surface area contributed by atoms with Crippen molar-refractivity contribution < 1.29 is 14.3 Å². The van der Waals surface area contributed by atoms with E-state index in [2.05, 4.69) is 5.32 Å². The molecule has 0 spiro atoms. The summed E-state index contributed by atoms with van der Waals surface area (Å²) in [6.45, 7) is 2.31. The molecule has 23 heavy (non-hydrogen) atoms. The first-order valence-corrected chi connectivity index (χ1v) is 7.83. The lowest BCUT2D eigenvalue weighted by molar-refractivity contribution is -0.128. The van der Waals surface area contributed by atoms with Gasteiger partial charge in [0.1, 0.15) is 11.5 Å². The van der Waals surface area contributed by atoms with Crippen molar-refractivity contribution in [3.05, 3.63) is 59.1 Å². The smallest absolute Gasteiger partial charge is 0.261 e. The van der Waals surface area contributed by atoms with E-state index in [1.54, 1.807) is 19.2 Å². The molecule has 0 aliphatic heterocycles. The number of methoxy groups -OCH3 is 1. The number of nitrogens with one attached hydrogen (secondary N) is 1. The molecule has 0 saturated heterocycles. The molecule has 5 heteroatoms. The Morgan fingerprint density at radius 1 is 1.22 bits per heavy atom. The molecule has 2 rings (SSSR count). The molecule has 1 atom stereocenters. The lowest BCUT2D eigenvalue weighted by Gasteiger charge is -2.18. The fourth-order valence-electron chi connectivity index (χ4n) is 2.10. The maximum absolute atomic E-state index is 12.3. The van der Waals surface area contributed by atoms with Crippen molar-refractivity contribution in [1.82, 2.24) is 5.32 Å². The van der Waals surface area contributed by atoms with E-state index in [0.717, 1.165) is 11.3 Å². The molecule has 0 aromatic heterocycles. The molecule has 1 amide bonds. The van der Waals surface area contributed by atoms with Gasteiger partial charge in [-0.1, -0.05) is 42.8 Å². The minimum Gasteiger partial charge on any atom is -0.497 e. The Balaban J connectivity index is 1.96. The molecule has 0 heterocycles. The van der Waals surface area contributed by atoms with Crippen molar-refractivity contribution in [2.75, 3.05) is 7.11 Å². The second kappa shape index (κ2) is 8.44. The van der Waals surface area contributed by atoms with Crippen LogP contribution in [0.5, 0.6) is 11.5 Å². The molecule has 2 aromatic rings. The largest absolute Gasteiger partial charge is 0.497 e. The van der Waals surface area contributed by atoms with Crippen LogP contribution in [0.2, 0.25) is 5.02 Å². The van der Waals surface area contributed by atoms with E-state index < -0.39 is 6.10 Å². The van der Waals surface area contributed by atoms with Gasteiger partial charge in [0.05, 0.1) is 12.1 Å². The summed E-state index contributed by atoms with van der Waals surface area (Å²) in [5.41, 5.74) is 0.963. The maximum atomic E-state index is 12.3. The van der Waals surface area contributed by atoms with Crippen LogP contribution in [0.3, 0.4) is 0 Å². The van der Waals surface area contributed by atoms with Crippen LogP contribution in [0.15, 0.2) is 48.5 Å². The number of halogens is 1. The third-order valence-electron chi connectivity index (χ3n) is 3.37. The first-order valence-electron chi connectivity index (χ1n) is 7.46. The van der Waals surface area contributed by atoms with Gasteiger partial charge in [0.25, 0.3) is 5.91 Å². The van der Waals surface area contributed by atoms with E-state index in [-0.39, 0.29) is 5.91 Å². The summed E-state index contributed by atoms with van der Waals surface area (Å²) in [6.07, 6.45) is -0.0321. The Bertz CT molecular complexity index is 660. The molecule has 0 radical (unpaired) electrons. The lowest BCUT2D eigenvalue weighted by atomic mass is 10.2. The van der Waals surface area contributed by atoms with Gasteiger partial charge in [-0.05, 0) is 36.2 Å². The third-order valence-corrected chi connectivity index (χ3v) is 3.68. The second-order valence-electron chi connectivity index (χ2n) is 5.01. The average molecular weight is 334 g/mol. The van der Waals surface area contributed by atoms with Crippen molar-refractivity contribution in [2.45, 2.75) is 26.0 Å².